The Morgan fingerprint density at radius 1 is 1.04 bits per heavy atom. The molecule has 0 unspecified atom stereocenters. The summed E-state index contributed by atoms with van der Waals surface area (Å²) in [5.74, 6) is -0.0850. The normalized spacial score (nSPS) is 25.6. The Morgan fingerprint density at radius 3 is 2.52 bits per heavy atom. The van der Waals surface area contributed by atoms with Gasteiger partial charge in [0.05, 0.1) is 30.3 Å². The number of ether oxygens (including phenoxy) is 4. The van der Waals surface area contributed by atoms with Crippen molar-refractivity contribution in [1.82, 2.24) is 9.62 Å². The quantitative estimate of drug-likeness (QED) is 0.324. The number of hydrogen-bond acceptors (Lipinski definition) is 9. The van der Waals surface area contributed by atoms with Crippen molar-refractivity contribution in [3.05, 3.63) is 70.3 Å². The molecule has 52 heavy (non-hydrogen) atoms. The molecule has 1 saturated carbocycles. The molecule has 2 bridgehead atoms. The molecule has 2 heterocycles. The van der Waals surface area contributed by atoms with E-state index in [1.54, 1.807) is 44.2 Å². The van der Waals surface area contributed by atoms with Gasteiger partial charge in [-0.25, -0.2) is 13.1 Å². The Labute approximate surface area is 314 Å². The standard InChI is InChI=1S/C39H54ClN3O8S/c1-27-8-7-10-36(51-26-38(44)42(18-20-48-3)19-21-49-4)34-15-12-31(34)24-43-17-6-5-9-29-22-33(40)14-11-32(29)25-50-37-16-13-30(23-35(37)43)39(45)41-52(46,47)28(27)2/h7,10-11,13-14,16,22-23,27-28,31,34,36H,5-6,8-9,12,15,17-21,24-26H2,1-4H3,(H,41,45)/b10-7+/t27-,28+,31-,34+,36-/m0/s1. The van der Waals surface area contributed by atoms with E-state index in [0.717, 1.165) is 48.9 Å². The van der Waals surface area contributed by atoms with Gasteiger partial charge >= 0.3 is 0 Å². The number of methoxy groups -OCH3 is 2. The van der Waals surface area contributed by atoms with Crippen LogP contribution in [0.5, 0.6) is 5.75 Å². The summed E-state index contributed by atoms with van der Waals surface area (Å²) in [7, 11) is -0.785. The molecule has 2 aliphatic heterocycles. The van der Waals surface area contributed by atoms with Crippen molar-refractivity contribution in [3.63, 3.8) is 0 Å². The predicted molar refractivity (Wildman–Crippen MR) is 202 cm³/mol. The summed E-state index contributed by atoms with van der Waals surface area (Å²) < 4.78 is 52.6. The fourth-order valence-electron chi connectivity index (χ4n) is 7.17. The van der Waals surface area contributed by atoms with E-state index in [9.17, 15) is 18.0 Å². The molecule has 2 aromatic rings. The third kappa shape index (κ3) is 10.3. The van der Waals surface area contributed by atoms with Crippen LogP contribution in [0.2, 0.25) is 5.02 Å². The van der Waals surface area contributed by atoms with Crippen molar-refractivity contribution in [2.45, 2.75) is 70.3 Å². The van der Waals surface area contributed by atoms with Crippen LogP contribution in [0.15, 0.2) is 48.6 Å². The van der Waals surface area contributed by atoms with Crippen LogP contribution in [0.1, 0.15) is 67.4 Å². The average Bonchev–Trinajstić information content (AvgIpc) is 3.14. The van der Waals surface area contributed by atoms with Crippen molar-refractivity contribution in [1.29, 1.82) is 0 Å². The third-order valence-corrected chi connectivity index (χ3v) is 13.0. The first kappa shape index (κ1) is 40.0. The number of rotatable bonds is 9. The van der Waals surface area contributed by atoms with E-state index >= 15 is 0 Å². The molecule has 13 heteroatoms. The average molecular weight is 760 g/mol. The molecule has 1 fully saturated rings. The highest BCUT2D eigenvalue weighted by Gasteiger charge is 2.39. The van der Waals surface area contributed by atoms with Crippen molar-refractivity contribution < 1.29 is 37.0 Å². The lowest BCUT2D eigenvalue weighted by molar-refractivity contribution is -0.140. The molecular weight excluding hydrogens is 706 g/mol. The highest BCUT2D eigenvalue weighted by atomic mass is 35.5. The first-order chi connectivity index (χ1) is 25.0. The molecule has 3 aliphatic rings. The van der Waals surface area contributed by atoms with E-state index < -0.39 is 21.2 Å². The largest absolute Gasteiger partial charge is 0.487 e. The van der Waals surface area contributed by atoms with Crippen LogP contribution in [-0.4, -0.2) is 96.7 Å². The second-order valence-electron chi connectivity index (χ2n) is 14.3. The maximum absolute atomic E-state index is 13.5. The Balaban J connectivity index is 1.47. The Morgan fingerprint density at radius 2 is 1.81 bits per heavy atom. The van der Waals surface area contributed by atoms with Crippen LogP contribution >= 0.6 is 11.6 Å². The summed E-state index contributed by atoms with van der Waals surface area (Å²) >= 11 is 6.37. The Bertz CT molecular complexity index is 1660. The molecule has 5 rings (SSSR count). The second-order valence-corrected chi connectivity index (χ2v) is 16.7. The highest BCUT2D eigenvalue weighted by Crippen LogP contribution is 2.42. The molecule has 5 atom stereocenters. The molecule has 2 aromatic carbocycles. The molecule has 2 amide bonds. The molecule has 0 saturated heterocycles. The number of sulfonamides is 1. The lowest BCUT2D eigenvalue weighted by Crippen LogP contribution is -2.45. The maximum Gasteiger partial charge on any atom is 0.264 e. The molecule has 0 radical (unpaired) electrons. The number of allylic oxidation sites excluding steroid dienone is 1. The zero-order valence-electron chi connectivity index (χ0n) is 30.9. The molecule has 11 nitrogen and oxygen atoms in total. The first-order valence-corrected chi connectivity index (χ1v) is 20.3. The Kier molecular flexibility index (Phi) is 14.4. The number of fused-ring (bicyclic) bond motifs is 3. The highest BCUT2D eigenvalue weighted by molar-refractivity contribution is 7.90. The van der Waals surface area contributed by atoms with Gasteiger partial charge in [-0.1, -0.05) is 36.7 Å². The zero-order chi connectivity index (χ0) is 37.3. The summed E-state index contributed by atoms with van der Waals surface area (Å²) in [5, 5.41) is -0.148. The summed E-state index contributed by atoms with van der Waals surface area (Å²) in [4.78, 5) is 30.9. The van der Waals surface area contributed by atoms with Crippen molar-refractivity contribution >= 4 is 39.1 Å². The number of hydrogen-bond donors (Lipinski definition) is 1. The van der Waals surface area contributed by atoms with E-state index in [1.807, 2.05) is 37.3 Å². The number of aryl methyl sites for hydroxylation is 1. The smallest absolute Gasteiger partial charge is 0.264 e. The number of carbonyl (C=O) groups is 2. The number of nitrogens with one attached hydrogen (secondary N) is 1. The third-order valence-electron chi connectivity index (χ3n) is 10.8. The van der Waals surface area contributed by atoms with Gasteiger partial charge in [-0.15, -0.1) is 0 Å². The predicted octanol–water partition coefficient (Wildman–Crippen LogP) is 5.64. The summed E-state index contributed by atoms with van der Waals surface area (Å²) in [6, 6.07) is 11.0. The zero-order valence-corrected chi connectivity index (χ0v) is 32.4. The van der Waals surface area contributed by atoms with Crippen LogP contribution < -0.4 is 14.4 Å². The van der Waals surface area contributed by atoms with Gasteiger partial charge in [0.15, 0.2) is 0 Å². The van der Waals surface area contributed by atoms with E-state index in [-0.39, 0.29) is 41.9 Å². The first-order valence-electron chi connectivity index (χ1n) is 18.4. The molecule has 1 aliphatic carbocycles. The van der Waals surface area contributed by atoms with Gasteiger partial charge in [-0.05, 0) is 105 Å². The molecule has 286 valence electrons. The second kappa shape index (κ2) is 18.7. The van der Waals surface area contributed by atoms with E-state index in [0.29, 0.717) is 63.2 Å². The van der Waals surface area contributed by atoms with Crippen LogP contribution in [0, 0.1) is 17.8 Å². The number of halogens is 1. The van der Waals surface area contributed by atoms with Gasteiger partial charge in [0, 0.05) is 51.0 Å². The van der Waals surface area contributed by atoms with Gasteiger partial charge in [-0.2, -0.15) is 0 Å². The number of carbonyl (C=O) groups excluding carboxylic acids is 2. The Hall–Kier alpha value is -3.16. The van der Waals surface area contributed by atoms with Gasteiger partial charge < -0.3 is 28.7 Å². The minimum absolute atomic E-state index is 0.0909. The number of amides is 2. The topological polar surface area (TPSA) is 124 Å². The van der Waals surface area contributed by atoms with Crippen LogP contribution in [0.4, 0.5) is 5.69 Å². The number of nitrogens with zero attached hydrogens (tertiary/aromatic N) is 2. The van der Waals surface area contributed by atoms with Crippen LogP contribution in [0.25, 0.3) is 0 Å². The van der Waals surface area contributed by atoms with Gasteiger partial charge in [0.1, 0.15) is 19.0 Å². The summed E-state index contributed by atoms with van der Waals surface area (Å²) in [5.41, 5.74) is 3.21. The van der Waals surface area contributed by atoms with Gasteiger partial charge in [0.2, 0.25) is 15.9 Å². The minimum atomic E-state index is -4.00. The van der Waals surface area contributed by atoms with Gasteiger partial charge in [0.25, 0.3) is 5.91 Å². The number of anilines is 1. The SMILES string of the molecule is COCCN(CCOC)C(=O)CO[C@H]1/C=C/C[C@H](C)[C@@H](C)S(=O)(=O)NC(=O)c2ccc3c(c2)N(CCCCc2cc(Cl)ccc2CO3)C[C@@H]2CC[C@H]21. The lowest BCUT2D eigenvalue weighted by atomic mass is 9.70. The van der Waals surface area contributed by atoms with E-state index in [2.05, 4.69) is 9.62 Å². The molecule has 1 N–H and O–H groups in total. The molecule has 0 spiro atoms. The minimum Gasteiger partial charge on any atom is -0.487 e. The van der Waals surface area contributed by atoms with Crippen molar-refractivity contribution in [3.8, 4) is 5.75 Å². The monoisotopic (exact) mass is 759 g/mol. The molecular formula is C39H54ClN3O8S. The summed E-state index contributed by atoms with van der Waals surface area (Å²) in [6.45, 7) is 6.80. The van der Waals surface area contributed by atoms with Crippen molar-refractivity contribution in [2.24, 2.45) is 17.8 Å². The lowest BCUT2D eigenvalue weighted by Gasteiger charge is -2.44. The fourth-order valence-corrected chi connectivity index (χ4v) is 8.65. The fraction of sp³-hybridized carbons (Fsp3) is 0.590. The van der Waals surface area contributed by atoms with E-state index in [4.69, 9.17) is 30.5 Å². The van der Waals surface area contributed by atoms with Crippen LogP contribution in [0.3, 0.4) is 0 Å². The number of benzene rings is 2. The molecule has 0 aromatic heterocycles. The van der Waals surface area contributed by atoms with Crippen molar-refractivity contribution in [2.75, 3.05) is 65.1 Å². The maximum atomic E-state index is 13.5. The summed E-state index contributed by atoms with van der Waals surface area (Å²) in [6.07, 6.45) is 8.69. The van der Waals surface area contributed by atoms with E-state index in [1.165, 1.54) is 0 Å². The van der Waals surface area contributed by atoms with Crippen LogP contribution in [-0.2, 0) is 42.1 Å². The van der Waals surface area contributed by atoms with Gasteiger partial charge in [-0.3, -0.25) is 9.59 Å².